The molecular formula is C26H28N4O3. The fraction of sp³-hybridized carbons (Fsp3) is 0.385. The van der Waals surface area contributed by atoms with Gasteiger partial charge >= 0.3 is 0 Å². The predicted molar refractivity (Wildman–Crippen MR) is 124 cm³/mol. The van der Waals surface area contributed by atoms with E-state index in [0.717, 1.165) is 53.1 Å². The number of fused-ring (bicyclic) bond motifs is 3. The molecule has 0 aliphatic heterocycles. The number of ether oxygens (including phenoxy) is 1. The quantitative estimate of drug-likeness (QED) is 0.483. The van der Waals surface area contributed by atoms with E-state index >= 15 is 0 Å². The summed E-state index contributed by atoms with van der Waals surface area (Å²) in [5, 5.41) is 10.0. The number of nitrogens with zero attached hydrogens (tertiary/aromatic N) is 4. The van der Waals surface area contributed by atoms with Gasteiger partial charge in [-0.1, -0.05) is 19.1 Å². The molecule has 1 aromatic carbocycles. The van der Waals surface area contributed by atoms with Crippen molar-refractivity contribution >= 4 is 5.78 Å². The number of Topliss-reactive ketones (excluding diaryl/α,β-unsaturated/α-hetero) is 1. The summed E-state index contributed by atoms with van der Waals surface area (Å²) in [6.07, 6.45) is 6.62. The van der Waals surface area contributed by atoms with Crippen LogP contribution in [0.3, 0.4) is 0 Å². The fourth-order valence-electron chi connectivity index (χ4n) is 5.93. The van der Waals surface area contributed by atoms with Crippen molar-refractivity contribution in [1.29, 1.82) is 0 Å². The first-order valence-electron chi connectivity index (χ1n) is 11.3. The van der Waals surface area contributed by atoms with Gasteiger partial charge in [0.2, 0.25) is 0 Å². The van der Waals surface area contributed by atoms with Crippen LogP contribution in [0.15, 0.2) is 48.6 Å². The molecule has 1 N–H and O–H groups in total. The van der Waals surface area contributed by atoms with Crippen molar-refractivity contribution in [2.45, 2.75) is 38.5 Å². The maximum Gasteiger partial charge on any atom is 0.165 e. The first kappa shape index (κ1) is 21.4. The monoisotopic (exact) mass is 444 g/mol. The number of hydrogen-bond acceptors (Lipinski definition) is 6. The van der Waals surface area contributed by atoms with Gasteiger partial charge in [-0.15, -0.1) is 0 Å². The minimum Gasteiger partial charge on any atom is -0.515 e. The van der Waals surface area contributed by atoms with Gasteiger partial charge in [-0.05, 0) is 49.8 Å². The molecule has 0 unspecified atom stereocenters. The number of aliphatic hydroxyl groups is 1. The minimum atomic E-state index is -0.553. The molecular weight excluding hydrogens is 416 g/mol. The van der Waals surface area contributed by atoms with Crippen LogP contribution in [0.25, 0.3) is 11.4 Å². The first-order chi connectivity index (χ1) is 15.9. The van der Waals surface area contributed by atoms with Crippen LogP contribution >= 0.6 is 0 Å². The van der Waals surface area contributed by atoms with Crippen LogP contribution in [0.2, 0.25) is 0 Å². The zero-order chi connectivity index (χ0) is 23.3. The van der Waals surface area contributed by atoms with Crippen molar-refractivity contribution in [2.24, 2.45) is 18.9 Å². The van der Waals surface area contributed by atoms with E-state index in [9.17, 15) is 9.90 Å². The molecule has 7 heteroatoms. The van der Waals surface area contributed by atoms with E-state index in [4.69, 9.17) is 14.7 Å². The Morgan fingerprint density at radius 1 is 1.24 bits per heavy atom. The van der Waals surface area contributed by atoms with Gasteiger partial charge in [0.15, 0.2) is 5.78 Å². The number of allylic oxidation sites excluding steroid dienone is 1. The number of rotatable bonds is 3. The number of aryl methyl sites for hydroxylation is 2. The Morgan fingerprint density at radius 2 is 2.00 bits per heavy atom. The van der Waals surface area contributed by atoms with Crippen LogP contribution in [0.4, 0.5) is 0 Å². The molecule has 33 heavy (non-hydrogen) atoms. The molecule has 0 radical (unpaired) electrons. The summed E-state index contributed by atoms with van der Waals surface area (Å²) in [4.78, 5) is 27.2. The van der Waals surface area contributed by atoms with Crippen LogP contribution in [-0.2, 0) is 23.7 Å². The second-order valence-corrected chi connectivity index (χ2v) is 9.17. The normalized spacial score (nSPS) is 25.6. The molecule has 3 aromatic rings. The van der Waals surface area contributed by atoms with E-state index in [-0.39, 0.29) is 17.6 Å². The Hall–Kier alpha value is -3.48. The number of imidazole rings is 1. The molecule has 0 amide bonds. The summed E-state index contributed by atoms with van der Waals surface area (Å²) in [7, 11) is 3.61. The topological polar surface area (TPSA) is 90.1 Å². The lowest BCUT2D eigenvalue weighted by atomic mass is 9.52. The van der Waals surface area contributed by atoms with Gasteiger partial charge in [0.05, 0.1) is 43.0 Å². The van der Waals surface area contributed by atoms with Crippen LogP contribution in [0.1, 0.15) is 42.4 Å². The highest BCUT2D eigenvalue weighted by molar-refractivity contribution is 5.98. The fourth-order valence-corrected chi connectivity index (χ4v) is 5.93. The summed E-state index contributed by atoms with van der Waals surface area (Å²) in [6, 6.07) is 8.04. The van der Waals surface area contributed by atoms with Crippen molar-refractivity contribution in [3.63, 3.8) is 0 Å². The van der Waals surface area contributed by atoms with Crippen molar-refractivity contribution < 1.29 is 14.6 Å². The number of hydrogen-bond donors (Lipinski definition) is 1. The third-order valence-electron chi connectivity index (χ3n) is 7.50. The maximum absolute atomic E-state index is 13.1. The third kappa shape index (κ3) is 3.09. The molecule has 0 bridgehead atoms. The van der Waals surface area contributed by atoms with Gasteiger partial charge in [0.25, 0.3) is 0 Å². The zero-order valence-corrected chi connectivity index (χ0v) is 19.4. The van der Waals surface area contributed by atoms with Gasteiger partial charge in [0.1, 0.15) is 11.6 Å². The second-order valence-electron chi connectivity index (χ2n) is 9.17. The van der Waals surface area contributed by atoms with E-state index in [0.29, 0.717) is 17.8 Å². The Morgan fingerprint density at radius 3 is 2.64 bits per heavy atom. The van der Waals surface area contributed by atoms with E-state index < -0.39 is 5.41 Å². The maximum atomic E-state index is 13.1. The van der Waals surface area contributed by atoms with Crippen LogP contribution in [0, 0.1) is 18.8 Å². The van der Waals surface area contributed by atoms with Crippen LogP contribution < -0.4 is 4.74 Å². The number of ketones is 1. The molecule has 3 atom stereocenters. The molecule has 5 rings (SSSR count). The minimum absolute atomic E-state index is 0.0210. The summed E-state index contributed by atoms with van der Waals surface area (Å²) in [5.41, 5.74) is 4.84. The Balaban J connectivity index is 1.83. The molecule has 0 spiro atoms. The predicted octanol–water partition coefficient (Wildman–Crippen LogP) is 4.09. The average molecular weight is 445 g/mol. The molecule has 1 saturated carbocycles. The largest absolute Gasteiger partial charge is 0.515 e. The smallest absolute Gasteiger partial charge is 0.165 e. The Kier molecular flexibility index (Phi) is 5.07. The first-order valence-corrected chi connectivity index (χ1v) is 11.3. The lowest BCUT2D eigenvalue weighted by Crippen LogP contribution is -2.51. The van der Waals surface area contributed by atoms with Crippen LogP contribution in [0.5, 0.6) is 5.75 Å². The lowest BCUT2D eigenvalue weighted by molar-refractivity contribution is -0.123. The number of aliphatic hydroxyl groups excluding tert-OH is 1. The van der Waals surface area contributed by atoms with E-state index in [1.54, 1.807) is 13.4 Å². The molecule has 2 aliphatic carbocycles. The van der Waals surface area contributed by atoms with Gasteiger partial charge in [0, 0.05) is 29.5 Å². The van der Waals surface area contributed by atoms with E-state index in [1.165, 1.54) is 0 Å². The highest BCUT2D eigenvalue weighted by atomic mass is 16.5. The molecule has 2 aromatic heterocycles. The summed E-state index contributed by atoms with van der Waals surface area (Å²) < 4.78 is 7.37. The molecule has 170 valence electrons. The highest BCUT2D eigenvalue weighted by Gasteiger charge is 2.55. The van der Waals surface area contributed by atoms with Gasteiger partial charge in [-0.25, -0.2) is 15.0 Å². The van der Waals surface area contributed by atoms with E-state index in [2.05, 4.69) is 17.1 Å². The second kappa shape index (κ2) is 7.83. The van der Waals surface area contributed by atoms with Crippen LogP contribution in [-0.4, -0.2) is 37.5 Å². The van der Waals surface area contributed by atoms with Crippen molar-refractivity contribution in [3.8, 4) is 17.1 Å². The molecule has 2 aliphatic rings. The lowest BCUT2D eigenvalue weighted by Gasteiger charge is -2.51. The number of aromatic nitrogens is 4. The summed E-state index contributed by atoms with van der Waals surface area (Å²) >= 11 is 0. The van der Waals surface area contributed by atoms with Gasteiger partial charge in [-0.3, -0.25) is 4.79 Å². The number of carbonyl (C=O) groups excluding carboxylic acids is 1. The molecule has 1 fully saturated rings. The van der Waals surface area contributed by atoms with Gasteiger partial charge in [-0.2, -0.15) is 0 Å². The standard InChI is InChI=1S/C26H28N4O3/c1-15-21-10-9-20-23(22-12-27-14-30(22)3)28-16(2)29-25(20)26(21,11-17(13-31)24(15)32)18-5-7-19(33-4)8-6-18/h5-8,12-15,21,31H,9-11H2,1-4H3/t15-,21-,26+/m0/s1. The zero-order valence-electron chi connectivity index (χ0n) is 19.4. The number of carbonyl (C=O) groups is 1. The van der Waals surface area contributed by atoms with Crippen molar-refractivity contribution in [3.05, 3.63) is 71.3 Å². The number of benzene rings is 1. The van der Waals surface area contributed by atoms with E-state index in [1.807, 2.05) is 43.8 Å². The van der Waals surface area contributed by atoms with Crippen molar-refractivity contribution in [1.82, 2.24) is 19.5 Å². The van der Waals surface area contributed by atoms with Gasteiger partial charge < -0.3 is 14.4 Å². The molecule has 2 heterocycles. The highest BCUT2D eigenvalue weighted by Crippen LogP contribution is 2.56. The third-order valence-corrected chi connectivity index (χ3v) is 7.50. The number of methoxy groups -OCH3 is 1. The summed E-state index contributed by atoms with van der Waals surface area (Å²) in [5.74, 6) is 1.30. The SMILES string of the molecule is COc1ccc([C@]23CC(=CO)C(=O)[C@@H](C)[C@@H]2CCc2c(-c4cncn4C)nc(C)nc23)cc1. The Bertz CT molecular complexity index is 1260. The molecule has 7 nitrogen and oxygen atoms in total. The summed E-state index contributed by atoms with van der Waals surface area (Å²) in [6.45, 7) is 3.89. The van der Waals surface area contributed by atoms with Crippen molar-refractivity contribution in [2.75, 3.05) is 7.11 Å². The average Bonchev–Trinajstić information content (AvgIpc) is 3.26. The Labute approximate surface area is 193 Å². The molecule has 0 saturated heterocycles.